The zero-order valence-electron chi connectivity index (χ0n) is 23.0. The van der Waals surface area contributed by atoms with Crippen molar-refractivity contribution in [2.24, 2.45) is 0 Å². The Hall–Kier alpha value is -3.98. The van der Waals surface area contributed by atoms with Crippen LogP contribution >= 0.6 is 0 Å². The summed E-state index contributed by atoms with van der Waals surface area (Å²) in [5, 5.41) is 8.53. The Bertz CT molecular complexity index is 1720. The minimum absolute atomic E-state index is 0.0962. The summed E-state index contributed by atoms with van der Waals surface area (Å²) in [6.07, 6.45) is -3.35. The molecule has 0 aliphatic rings. The molecule has 1 unspecified atom stereocenters. The van der Waals surface area contributed by atoms with E-state index in [9.17, 15) is 30.6 Å². The molecular weight excluding hydrogens is 599 g/mol. The molecule has 226 valence electrons. The number of carboxylic acids is 1. The number of aliphatic carboxylic acids is 1. The van der Waals surface area contributed by atoms with Gasteiger partial charge in [0.05, 0.1) is 38.2 Å². The van der Waals surface area contributed by atoms with Crippen LogP contribution in [0.3, 0.4) is 0 Å². The number of alkyl halides is 3. The van der Waals surface area contributed by atoms with Crippen molar-refractivity contribution in [1.82, 2.24) is 13.9 Å². The second-order valence-corrected chi connectivity index (χ2v) is 11.7. The zero-order valence-corrected chi connectivity index (χ0v) is 24.6. The average Bonchev–Trinajstić information content (AvgIpc) is 3.34. The number of hydrogen-bond acceptors (Lipinski definition) is 8. The number of aryl methyl sites for hydroxylation is 1. The van der Waals surface area contributed by atoms with Gasteiger partial charge in [0.1, 0.15) is 11.5 Å². The predicted octanol–water partition coefficient (Wildman–Crippen LogP) is 5.02. The Labute approximate surface area is 242 Å². The van der Waals surface area contributed by atoms with E-state index in [1.54, 1.807) is 25.1 Å². The van der Waals surface area contributed by atoms with E-state index in [2.05, 4.69) is 9.97 Å². The monoisotopic (exact) mass is 627 g/mol. The van der Waals surface area contributed by atoms with E-state index in [0.717, 1.165) is 3.97 Å². The van der Waals surface area contributed by atoms with Crippen molar-refractivity contribution in [1.29, 1.82) is 0 Å². The van der Waals surface area contributed by atoms with Crippen LogP contribution in [0.2, 0.25) is 0 Å². The van der Waals surface area contributed by atoms with Crippen molar-refractivity contribution in [3.05, 3.63) is 71.5 Å². The molecule has 15 heteroatoms. The van der Waals surface area contributed by atoms with Crippen LogP contribution in [0.1, 0.15) is 30.7 Å². The third-order valence-electron chi connectivity index (χ3n) is 5.65. The molecule has 0 aliphatic carbocycles. The van der Waals surface area contributed by atoms with Crippen LogP contribution in [-0.2, 0) is 31.4 Å². The van der Waals surface area contributed by atoms with Gasteiger partial charge in [-0.1, -0.05) is 26.0 Å². The average molecular weight is 628 g/mol. The zero-order chi connectivity index (χ0) is 31.2. The normalized spacial score (nSPS) is 12.4. The van der Waals surface area contributed by atoms with Gasteiger partial charge in [-0.3, -0.25) is 9.19 Å². The number of fused-ring (bicyclic) bond motifs is 1. The first-order chi connectivity index (χ1) is 19.8. The minimum Gasteiger partial charge on any atom is -0.484 e. The van der Waals surface area contributed by atoms with Crippen molar-refractivity contribution >= 4 is 37.8 Å². The van der Waals surface area contributed by atoms with Crippen LogP contribution < -0.4 is 9.47 Å². The SMILES string of the molecule is CC.Cc1cc(S(=O)(=O)n2c(S(=O)Cc3nccc(OCC(F)(F)F)c3C)nc3ccccc32)ccc1OCC(=O)O. The molecule has 0 aliphatic heterocycles. The van der Waals surface area contributed by atoms with E-state index in [1.165, 1.54) is 43.5 Å². The number of pyridine rings is 1. The number of carbonyl (C=O) groups is 1. The highest BCUT2D eigenvalue weighted by molar-refractivity contribution is 7.91. The number of hydrogen-bond donors (Lipinski definition) is 1. The molecule has 4 rings (SSSR count). The Morgan fingerprint density at radius 2 is 1.74 bits per heavy atom. The highest BCUT2D eigenvalue weighted by Gasteiger charge is 2.30. The molecule has 0 fully saturated rings. The van der Waals surface area contributed by atoms with E-state index in [1.807, 2.05) is 13.8 Å². The lowest BCUT2D eigenvalue weighted by Gasteiger charge is -2.14. The third kappa shape index (κ3) is 7.45. The van der Waals surface area contributed by atoms with Gasteiger partial charge in [0.15, 0.2) is 13.2 Å². The number of carboxylic acid groups (broad SMARTS) is 1. The van der Waals surface area contributed by atoms with E-state index in [4.69, 9.17) is 14.6 Å². The van der Waals surface area contributed by atoms with E-state index < -0.39 is 46.2 Å². The number of benzene rings is 2. The van der Waals surface area contributed by atoms with Crippen LogP contribution in [0, 0.1) is 13.8 Å². The quantitative estimate of drug-likeness (QED) is 0.257. The number of rotatable bonds is 10. The van der Waals surface area contributed by atoms with Gasteiger partial charge < -0.3 is 14.6 Å². The topological polar surface area (TPSA) is 138 Å². The molecule has 0 spiro atoms. The molecule has 4 aromatic rings. The molecule has 0 bridgehead atoms. The van der Waals surface area contributed by atoms with Gasteiger partial charge in [0, 0.05) is 11.8 Å². The molecule has 0 saturated carbocycles. The third-order valence-corrected chi connectivity index (χ3v) is 8.68. The maximum absolute atomic E-state index is 13.8. The standard InChI is InChI=1S/C25H22F3N3O7S2.C2H6/c1-15-11-17(7-8-21(15)37-12-23(32)33)40(35,36)31-20-6-4-3-5-18(20)30-24(31)39(34)13-19-16(2)22(9-10-29-19)38-14-25(26,27)28;1-2/h3-11H,12-14H2,1-2H3,(H,32,33);1-2H3. The molecule has 0 amide bonds. The second-order valence-electron chi connectivity index (χ2n) is 8.54. The fourth-order valence-corrected chi connectivity index (χ4v) is 6.89. The van der Waals surface area contributed by atoms with E-state index in [-0.39, 0.29) is 49.6 Å². The lowest BCUT2D eigenvalue weighted by molar-refractivity contribution is -0.153. The highest BCUT2D eigenvalue weighted by atomic mass is 32.2. The van der Waals surface area contributed by atoms with Gasteiger partial charge in [0.2, 0.25) is 5.16 Å². The second kappa shape index (κ2) is 13.3. The highest BCUT2D eigenvalue weighted by Crippen LogP contribution is 2.30. The Morgan fingerprint density at radius 1 is 1.05 bits per heavy atom. The summed E-state index contributed by atoms with van der Waals surface area (Å²) < 4.78 is 90.0. The van der Waals surface area contributed by atoms with Crippen molar-refractivity contribution in [3.63, 3.8) is 0 Å². The van der Waals surface area contributed by atoms with Crippen LogP contribution in [0.5, 0.6) is 11.5 Å². The summed E-state index contributed by atoms with van der Waals surface area (Å²) in [5.74, 6) is -1.47. The van der Waals surface area contributed by atoms with Gasteiger partial charge >= 0.3 is 12.1 Å². The first-order valence-electron chi connectivity index (χ1n) is 12.5. The summed E-state index contributed by atoms with van der Waals surface area (Å²) in [5.41, 5.74) is 1.12. The van der Waals surface area contributed by atoms with Crippen molar-refractivity contribution < 1.29 is 45.2 Å². The number of ether oxygens (including phenoxy) is 2. The fourth-order valence-electron chi connectivity index (χ4n) is 3.76. The molecule has 10 nitrogen and oxygen atoms in total. The lowest BCUT2D eigenvalue weighted by atomic mass is 10.2. The van der Waals surface area contributed by atoms with E-state index >= 15 is 0 Å². The maximum Gasteiger partial charge on any atom is 0.422 e. The molecular formula is C27H28F3N3O7S2. The molecule has 2 aromatic carbocycles. The first kappa shape index (κ1) is 32.5. The van der Waals surface area contributed by atoms with E-state index in [0.29, 0.717) is 5.56 Å². The Kier molecular flexibility index (Phi) is 10.3. The summed E-state index contributed by atoms with van der Waals surface area (Å²) in [4.78, 5) is 19.0. The van der Waals surface area contributed by atoms with Crippen LogP contribution in [0.4, 0.5) is 13.2 Å². The number of imidazole rings is 1. The fraction of sp³-hybridized carbons (Fsp3) is 0.296. The molecule has 2 heterocycles. The summed E-state index contributed by atoms with van der Waals surface area (Å²) in [7, 11) is -6.50. The van der Waals surface area contributed by atoms with Gasteiger partial charge in [-0.15, -0.1) is 0 Å². The number of halogens is 3. The van der Waals surface area contributed by atoms with Gasteiger partial charge in [-0.05, 0) is 55.8 Å². The van der Waals surface area contributed by atoms with Crippen molar-refractivity contribution in [2.45, 2.75) is 49.7 Å². The number of aromatic nitrogens is 3. The minimum atomic E-state index is -4.56. The van der Waals surface area contributed by atoms with Gasteiger partial charge in [-0.2, -0.15) is 13.2 Å². The van der Waals surface area contributed by atoms with Crippen LogP contribution in [0.25, 0.3) is 11.0 Å². The van der Waals surface area contributed by atoms with Crippen LogP contribution in [0.15, 0.2) is 64.8 Å². The Morgan fingerprint density at radius 3 is 2.38 bits per heavy atom. The molecule has 2 aromatic heterocycles. The molecule has 42 heavy (non-hydrogen) atoms. The van der Waals surface area contributed by atoms with Crippen molar-refractivity contribution in [2.75, 3.05) is 13.2 Å². The molecule has 0 saturated heterocycles. The number of para-hydroxylation sites is 2. The molecule has 1 atom stereocenters. The van der Waals surface area contributed by atoms with Crippen LogP contribution in [-0.4, -0.2) is 57.0 Å². The summed E-state index contributed by atoms with van der Waals surface area (Å²) in [6.45, 7) is 4.87. The van der Waals surface area contributed by atoms with Gasteiger partial charge in [-0.25, -0.2) is 22.2 Å². The summed E-state index contributed by atoms with van der Waals surface area (Å²) >= 11 is 0. The first-order valence-corrected chi connectivity index (χ1v) is 15.2. The lowest BCUT2D eigenvalue weighted by Crippen LogP contribution is -2.20. The van der Waals surface area contributed by atoms with Gasteiger partial charge in [0.25, 0.3) is 10.0 Å². The molecule has 0 radical (unpaired) electrons. The smallest absolute Gasteiger partial charge is 0.422 e. The number of nitrogens with zero attached hydrogens (tertiary/aromatic N) is 3. The predicted molar refractivity (Wildman–Crippen MR) is 149 cm³/mol. The van der Waals surface area contributed by atoms with Crippen molar-refractivity contribution in [3.8, 4) is 11.5 Å². The Balaban J connectivity index is 0.00000237. The molecule has 1 N–H and O–H groups in total. The largest absolute Gasteiger partial charge is 0.484 e. The maximum atomic E-state index is 13.8. The summed E-state index contributed by atoms with van der Waals surface area (Å²) in [6, 6.07) is 11.3.